The van der Waals surface area contributed by atoms with Gasteiger partial charge in [-0.3, -0.25) is 9.59 Å². The Morgan fingerprint density at radius 3 is 2.57 bits per heavy atom. The van der Waals surface area contributed by atoms with Gasteiger partial charge >= 0.3 is 0 Å². The van der Waals surface area contributed by atoms with Gasteiger partial charge in [0, 0.05) is 11.0 Å². The van der Waals surface area contributed by atoms with Gasteiger partial charge in [-0.2, -0.15) is 0 Å². The Balaban J connectivity index is 2.28. The second kappa shape index (κ2) is 6.56. The third kappa shape index (κ3) is 3.26. The van der Waals surface area contributed by atoms with Crippen molar-refractivity contribution in [3.05, 3.63) is 34.1 Å². The van der Waals surface area contributed by atoms with Gasteiger partial charge in [-0.15, -0.1) is 0 Å². The van der Waals surface area contributed by atoms with E-state index in [0.29, 0.717) is 23.9 Å². The minimum Gasteiger partial charge on any atom is -0.343 e. The number of hydrogen-bond donors (Lipinski definition) is 1. The van der Waals surface area contributed by atoms with Crippen molar-refractivity contribution in [1.82, 2.24) is 10.2 Å². The molecule has 1 fully saturated rings. The van der Waals surface area contributed by atoms with Gasteiger partial charge in [0.1, 0.15) is 17.9 Å². The molecule has 1 heterocycles. The molecule has 2 unspecified atom stereocenters. The number of nitrogens with zero attached hydrogens (tertiary/aromatic N) is 1. The van der Waals surface area contributed by atoms with E-state index in [1.165, 1.54) is 12.1 Å². The highest BCUT2D eigenvalue weighted by molar-refractivity contribution is 9.10. The van der Waals surface area contributed by atoms with Crippen molar-refractivity contribution in [2.75, 3.05) is 0 Å². The van der Waals surface area contributed by atoms with Gasteiger partial charge in [0.05, 0.1) is 0 Å². The zero-order valence-corrected chi connectivity index (χ0v) is 13.6. The number of piperazine rings is 1. The van der Waals surface area contributed by atoms with Crippen LogP contribution >= 0.6 is 15.9 Å². The average Bonchev–Trinajstić information content (AvgIpc) is 2.45. The first-order valence-electron chi connectivity index (χ1n) is 7.02. The zero-order chi connectivity index (χ0) is 15.6. The van der Waals surface area contributed by atoms with E-state index in [-0.39, 0.29) is 17.6 Å². The van der Waals surface area contributed by atoms with E-state index in [0.717, 1.165) is 5.56 Å². The van der Waals surface area contributed by atoms with Crippen molar-refractivity contribution < 1.29 is 14.0 Å². The molecule has 0 saturated carbocycles. The lowest BCUT2D eigenvalue weighted by Gasteiger charge is -2.38. The summed E-state index contributed by atoms with van der Waals surface area (Å²) in [7, 11) is 0. The Bertz CT molecular complexity index is 565. The third-order valence-electron chi connectivity index (χ3n) is 3.73. The number of rotatable bonds is 4. The summed E-state index contributed by atoms with van der Waals surface area (Å²) < 4.78 is 13.8. The number of nitrogens with one attached hydrogen (secondary N) is 1. The molecule has 114 valence electrons. The lowest BCUT2D eigenvalue weighted by molar-refractivity contribution is -0.150. The van der Waals surface area contributed by atoms with Gasteiger partial charge in [0.25, 0.3) is 0 Å². The van der Waals surface area contributed by atoms with E-state index >= 15 is 0 Å². The lowest BCUT2D eigenvalue weighted by Crippen LogP contribution is -2.62. The first-order valence-corrected chi connectivity index (χ1v) is 7.82. The van der Waals surface area contributed by atoms with Crippen molar-refractivity contribution in [3.8, 4) is 0 Å². The minimum atomic E-state index is -0.475. The second-order valence-corrected chi connectivity index (χ2v) is 5.95. The van der Waals surface area contributed by atoms with E-state index in [1.54, 1.807) is 11.0 Å². The van der Waals surface area contributed by atoms with Crippen molar-refractivity contribution in [2.24, 2.45) is 0 Å². The first-order chi connectivity index (χ1) is 9.97. The Kier molecular flexibility index (Phi) is 4.98. The highest BCUT2D eigenvalue weighted by Gasteiger charge is 2.38. The maximum absolute atomic E-state index is 13.1. The Hall–Kier alpha value is -1.43. The van der Waals surface area contributed by atoms with Gasteiger partial charge in [-0.25, -0.2) is 4.39 Å². The number of carbonyl (C=O) groups excluding carboxylic acids is 2. The van der Waals surface area contributed by atoms with Crippen LogP contribution in [0.1, 0.15) is 32.3 Å². The topological polar surface area (TPSA) is 49.4 Å². The fourth-order valence-corrected chi connectivity index (χ4v) is 3.01. The molecule has 1 aliphatic rings. The predicted molar refractivity (Wildman–Crippen MR) is 81.0 cm³/mol. The number of halogens is 2. The zero-order valence-electron chi connectivity index (χ0n) is 12.0. The van der Waals surface area contributed by atoms with Gasteiger partial charge < -0.3 is 10.2 Å². The summed E-state index contributed by atoms with van der Waals surface area (Å²) in [5, 5.41) is 2.75. The molecule has 21 heavy (non-hydrogen) atoms. The largest absolute Gasteiger partial charge is 0.343 e. The Labute approximate surface area is 131 Å². The van der Waals surface area contributed by atoms with Gasteiger partial charge in [-0.1, -0.05) is 35.8 Å². The summed E-state index contributed by atoms with van der Waals surface area (Å²) in [5.74, 6) is -0.547. The van der Waals surface area contributed by atoms with E-state index in [2.05, 4.69) is 21.2 Å². The monoisotopic (exact) mass is 356 g/mol. The van der Waals surface area contributed by atoms with Crippen LogP contribution in [0.3, 0.4) is 0 Å². The second-order valence-electron chi connectivity index (χ2n) is 5.10. The molecule has 0 bridgehead atoms. The summed E-state index contributed by atoms with van der Waals surface area (Å²) in [4.78, 5) is 26.2. The normalized spacial score (nSPS) is 22.4. The van der Waals surface area contributed by atoms with Crippen LogP contribution < -0.4 is 5.32 Å². The molecule has 1 aromatic carbocycles. The summed E-state index contributed by atoms with van der Waals surface area (Å²) >= 11 is 3.30. The molecule has 1 saturated heterocycles. The van der Waals surface area contributed by atoms with Crippen LogP contribution in [0.5, 0.6) is 0 Å². The van der Waals surface area contributed by atoms with E-state index in [1.807, 2.05) is 13.8 Å². The van der Waals surface area contributed by atoms with Crippen molar-refractivity contribution in [3.63, 3.8) is 0 Å². The number of amides is 2. The molecular weight excluding hydrogens is 339 g/mol. The molecule has 1 N–H and O–H groups in total. The molecule has 2 amide bonds. The van der Waals surface area contributed by atoms with E-state index < -0.39 is 12.1 Å². The SMILES string of the molecule is CCC1NC(=O)C(CC)N(Cc2ccc(F)cc2Br)C1=O. The first kappa shape index (κ1) is 15.9. The van der Waals surface area contributed by atoms with Crippen LogP contribution in [0.15, 0.2) is 22.7 Å². The molecule has 0 radical (unpaired) electrons. The molecule has 0 aliphatic carbocycles. The number of carbonyl (C=O) groups is 2. The van der Waals surface area contributed by atoms with Crippen LogP contribution in [0.4, 0.5) is 4.39 Å². The van der Waals surface area contributed by atoms with Crippen LogP contribution in [-0.4, -0.2) is 28.8 Å². The van der Waals surface area contributed by atoms with Crippen LogP contribution in [-0.2, 0) is 16.1 Å². The summed E-state index contributed by atoms with van der Waals surface area (Å²) in [5.41, 5.74) is 0.785. The van der Waals surface area contributed by atoms with Crippen molar-refractivity contribution in [1.29, 1.82) is 0 Å². The van der Waals surface area contributed by atoms with Crippen LogP contribution in [0.25, 0.3) is 0 Å². The lowest BCUT2D eigenvalue weighted by atomic mass is 10.0. The van der Waals surface area contributed by atoms with Crippen molar-refractivity contribution in [2.45, 2.75) is 45.3 Å². The predicted octanol–water partition coefficient (Wildman–Crippen LogP) is 2.60. The smallest absolute Gasteiger partial charge is 0.246 e. The quantitative estimate of drug-likeness (QED) is 0.901. The van der Waals surface area contributed by atoms with Gasteiger partial charge in [-0.05, 0) is 30.5 Å². The molecule has 1 aromatic rings. The van der Waals surface area contributed by atoms with E-state index in [9.17, 15) is 14.0 Å². The third-order valence-corrected chi connectivity index (χ3v) is 4.47. The summed E-state index contributed by atoms with van der Waals surface area (Å²) in [6, 6.07) is 3.40. The van der Waals surface area contributed by atoms with Crippen molar-refractivity contribution >= 4 is 27.7 Å². The molecule has 1 aliphatic heterocycles. The molecule has 2 rings (SSSR count). The van der Waals surface area contributed by atoms with Gasteiger partial charge in [0.2, 0.25) is 11.8 Å². The maximum atomic E-state index is 13.1. The highest BCUT2D eigenvalue weighted by Crippen LogP contribution is 2.23. The molecule has 2 atom stereocenters. The molecule has 6 heteroatoms. The summed E-state index contributed by atoms with van der Waals surface area (Å²) in [6.45, 7) is 4.03. The number of hydrogen-bond acceptors (Lipinski definition) is 2. The molecule has 0 spiro atoms. The summed E-state index contributed by atoms with van der Waals surface area (Å²) in [6.07, 6.45) is 1.11. The van der Waals surface area contributed by atoms with Crippen LogP contribution in [0, 0.1) is 5.82 Å². The van der Waals surface area contributed by atoms with Crippen LogP contribution in [0.2, 0.25) is 0 Å². The fourth-order valence-electron chi connectivity index (χ4n) is 2.53. The fraction of sp³-hybridized carbons (Fsp3) is 0.467. The molecular formula is C15H18BrFN2O2. The van der Waals surface area contributed by atoms with E-state index in [4.69, 9.17) is 0 Å². The molecule has 0 aromatic heterocycles. The molecule has 4 nitrogen and oxygen atoms in total. The minimum absolute atomic E-state index is 0.0832. The average molecular weight is 357 g/mol. The Morgan fingerprint density at radius 1 is 1.29 bits per heavy atom. The van der Waals surface area contributed by atoms with Gasteiger partial charge in [0.15, 0.2) is 0 Å². The Morgan fingerprint density at radius 2 is 2.00 bits per heavy atom. The standard InChI is InChI=1S/C15H18BrFN2O2/c1-3-12-15(21)19(13(4-2)14(20)18-12)8-9-5-6-10(17)7-11(9)16/h5-7,12-13H,3-4,8H2,1-2H3,(H,18,20). The maximum Gasteiger partial charge on any atom is 0.246 e. The highest BCUT2D eigenvalue weighted by atomic mass is 79.9. The number of benzene rings is 1.